The summed E-state index contributed by atoms with van der Waals surface area (Å²) < 4.78 is 70.3. The fourth-order valence-corrected chi connectivity index (χ4v) is 2.78. The first-order valence-corrected chi connectivity index (χ1v) is 7.37. The molecule has 1 rings (SSSR count). The predicted octanol–water partition coefficient (Wildman–Crippen LogP) is 0.880. The Balaban J connectivity index is 2.80. The summed E-state index contributed by atoms with van der Waals surface area (Å²) in [4.78, 5) is 11.0. The molecule has 1 unspecified atom stereocenters. The van der Waals surface area contributed by atoms with Gasteiger partial charge < -0.3 is 9.47 Å². The average Bonchev–Trinajstić information content (AvgIpc) is 2.85. The van der Waals surface area contributed by atoms with E-state index in [-0.39, 0.29) is 4.31 Å². The number of methoxy groups -OCH3 is 1. The van der Waals surface area contributed by atoms with Gasteiger partial charge in [-0.25, -0.2) is 8.42 Å². The summed E-state index contributed by atoms with van der Waals surface area (Å²) in [5.41, 5.74) is -5.40. The third-order valence-corrected chi connectivity index (χ3v) is 4.45. The molecule has 1 aliphatic heterocycles. The van der Waals surface area contributed by atoms with Crippen molar-refractivity contribution >= 4 is 16.0 Å². The summed E-state index contributed by atoms with van der Waals surface area (Å²) in [5.74, 6) is -0.778. The van der Waals surface area contributed by atoms with Crippen molar-refractivity contribution in [3.63, 3.8) is 0 Å². The minimum atomic E-state index is -5.48. The molecule has 6 nitrogen and oxygen atoms in total. The van der Waals surface area contributed by atoms with E-state index in [0.717, 1.165) is 7.11 Å². The number of hydrogen-bond donors (Lipinski definition) is 0. The predicted molar refractivity (Wildman–Crippen MR) is 62.2 cm³/mol. The third-order valence-electron chi connectivity index (χ3n) is 2.86. The van der Waals surface area contributed by atoms with Crippen molar-refractivity contribution in [3.05, 3.63) is 0 Å². The Morgan fingerprint density at radius 2 is 2.10 bits per heavy atom. The van der Waals surface area contributed by atoms with Crippen molar-refractivity contribution in [2.75, 3.05) is 26.8 Å². The van der Waals surface area contributed by atoms with Crippen molar-refractivity contribution < 1.29 is 35.9 Å². The highest BCUT2D eigenvalue weighted by molar-refractivity contribution is 7.90. The van der Waals surface area contributed by atoms with E-state index in [2.05, 4.69) is 4.74 Å². The molecule has 1 fully saturated rings. The second-order valence-electron chi connectivity index (χ2n) is 4.27. The van der Waals surface area contributed by atoms with Crippen LogP contribution in [-0.4, -0.2) is 57.1 Å². The fourth-order valence-electron chi connectivity index (χ4n) is 1.79. The van der Waals surface area contributed by atoms with Crippen molar-refractivity contribution in [3.8, 4) is 0 Å². The Morgan fingerprint density at radius 3 is 2.55 bits per heavy atom. The van der Waals surface area contributed by atoms with E-state index < -0.39 is 47.1 Å². The Hall–Kier alpha value is -0.870. The van der Waals surface area contributed by atoms with Crippen LogP contribution in [0.5, 0.6) is 0 Å². The number of nitrogens with zero attached hydrogens (tertiary/aromatic N) is 1. The molecule has 0 saturated carbocycles. The smallest absolute Gasteiger partial charge is 0.469 e. The number of alkyl halides is 3. The summed E-state index contributed by atoms with van der Waals surface area (Å²) in [5, 5.41) is 0. The van der Waals surface area contributed by atoms with Crippen molar-refractivity contribution in [1.82, 2.24) is 4.31 Å². The lowest BCUT2D eigenvalue weighted by molar-refractivity contribution is -0.140. The molecule has 1 heterocycles. The molecular weight excluding hydrogens is 303 g/mol. The Bertz CT molecular complexity index is 431. The van der Waals surface area contributed by atoms with E-state index >= 15 is 0 Å². The van der Waals surface area contributed by atoms with Gasteiger partial charge in [0.2, 0.25) is 0 Å². The molecule has 20 heavy (non-hydrogen) atoms. The number of carbonyl (C=O) groups excluding carboxylic acids is 1. The molecule has 0 aromatic heterocycles. The van der Waals surface area contributed by atoms with Crippen LogP contribution in [0.15, 0.2) is 0 Å². The Morgan fingerprint density at radius 1 is 1.45 bits per heavy atom. The van der Waals surface area contributed by atoms with Crippen LogP contribution in [0.2, 0.25) is 0 Å². The summed E-state index contributed by atoms with van der Waals surface area (Å²) in [6.07, 6.45) is 0.132. The van der Waals surface area contributed by atoms with Crippen molar-refractivity contribution in [1.29, 1.82) is 0 Å². The van der Waals surface area contributed by atoms with E-state index in [0.29, 0.717) is 19.4 Å². The van der Waals surface area contributed by atoms with Gasteiger partial charge in [0.25, 0.3) is 0 Å². The maximum atomic E-state index is 12.6. The van der Waals surface area contributed by atoms with Gasteiger partial charge >= 0.3 is 21.5 Å². The fraction of sp³-hybridized carbons (Fsp3) is 0.900. The van der Waals surface area contributed by atoms with Gasteiger partial charge in [-0.1, -0.05) is 0 Å². The minimum absolute atomic E-state index is 0.236. The molecular formula is C10H16F3NO5S. The molecule has 0 aliphatic carbocycles. The normalized spacial score (nSPS) is 20.4. The lowest BCUT2D eigenvalue weighted by Gasteiger charge is -2.25. The van der Waals surface area contributed by atoms with Crippen LogP contribution < -0.4 is 0 Å². The van der Waals surface area contributed by atoms with E-state index in [1.807, 2.05) is 0 Å². The topological polar surface area (TPSA) is 72.9 Å². The first-order chi connectivity index (χ1) is 9.18. The van der Waals surface area contributed by atoms with Gasteiger partial charge in [-0.15, -0.1) is 0 Å². The molecule has 10 heteroatoms. The first kappa shape index (κ1) is 17.2. The number of rotatable bonds is 6. The molecule has 1 aliphatic rings. The molecule has 0 N–H and O–H groups in total. The minimum Gasteiger partial charge on any atom is -0.469 e. The summed E-state index contributed by atoms with van der Waals surface area (Å²) in [6, 6.07) is 0. The molecule has 0 spiro atoms. The van der Waals surface area contributed by atoms with Crippen molar-refractivity contribution in [2.24, 2.45) is 0 Å². The lowest BCUT2D eigenvalue weighted by atomic mass is 10.2. The second-order valence-corrected chi connectivity index (χ2v) is 6.20. The SMILES string of the molecule is COC(=O)CCN(CC1CCCO1)S(=O)(=O)C(F)(F)F. The lowest BCUT2D eigenvalue weighted by Crippen LogP contribution is -2.45. The van der Waals surface area contributed by atoms with E-state index in [1.165, 1.54) is 0 Å². The highest BCUT2D eigenvalue weighted by Gasteiger charge is 2.50. The van der Waals surface area contributed by atoms with Crippen LogP contribution in [0, 0.1) is 0 Å². The number of carbonyl (C=O) groups is 1. The molecule has 118 valence electrons. The standard InChI is InChI=1S/C10H16F3NO5S/c1-18-9(15)4-5-14(7-8-3-2-6-19-8)20(16,17)10(11,12)13/h8H,2-7H2,1H3. The third kappa shape index (κ3) is 4.32. The zero-order chi connectivity index (χ0) is 15.4. The van der Waals surface area contributed by atoms with Gasteiger partial charge in [-0.05, 0) is 12.8 Å². The number of hydrogen-bond acceptors (Lipinski definition) is 5. The Labute approximate surface area is 114 Å². The first-order valence-electron chi connectivity index (χ1n) is 5.93. The summed E-state index contributed by atoms with van der Waals surface area (Å²) in [7, 11) is -4.41. The summed E-state index contributed by atoms with van der Waals surface area (Å²) >= 11 is 0. The summed E-state index contributed by atoms with van der Waals surface area (Å²) in [6.45, 7) is -0.616. The molecule has 0 aromatic rings. The molecule has 1 atom stereocenters. The van der Waals surface area contributed by atoms with E-state index in [1.54, 1.807) is 0 Å². The van der Waals surface area contributed by atoms with Crippen LogP contribution in [0.1, 0.15) is 19.3 Å². The highest BCUT2D eigenvalue weighted by atomic mass is 32.2. The number of sulfonamides is 1. The van der Waals surface area contributed by atoms with Crippen LogP contribution in [0.25, 0.3) is 0 Å². The van der Waals surface area contributed by atoms with Gasteiger partial charge in [0.15, 0.2) is 0 Å². The van der Waals surface area contributed by atoms with E-state index in [9.17, 15) is 26.4 Å². The average molecular weight is 319 g/mol. The molecule has 1 saturated heterocycles. The molecule has 0 aromatic carbocycles. The van der Waals surface area contributed by atoms with Crippen LogP contribution in [-0.2, 0) is 24.3 Å². The maximum absolute atomic E-state index is 12.6. The zero-order valence-electron chi connectivity index (χ0n) is 10.9. The van der Waals surface area contributed by atoms with Gasteiger partial charge in [0, 0.05) is 19.7 Å². The van der Waals surface area contributed by atoms with Crippen LogP contribution >= 0.6 is 0 Å². The van der Waals surface area contributed by atoms with E-state index in [4.69, 9.17) is 4.74 Å². The van der Waals surface area contributed by atoms with Gasteiger partial charge in [0.05, 0.1) is 19.6 Å². The van der Waals surface area contributed by atoms with Crippen LogP contribution in [0.3, 0.4) is 0 Å². The second kappa shape index (κ2) is 6.72. The van der Waals surface area contributed by atoms with Gasteiger partial charge in [-0.3, -0.25) is 4.79 Å². The van der Waals surface area contributed by atoms with Crippen LogP contribution in [0.4, 0.5) is 13.2 Å². The number of ether oxygens (including phenoxy) is 2. The monoisotopic (exact) mass is 319 g/mol. The van der Waals surface area contributed by atoms with Gasteiger partial charge in [0.1, 0.15) is 0 Å². The van der Waals surface area contributed by atoms with Crippen molar-refractivity contribution in [2.45, 2.75) is 30.9 Å². The molecule has 0 radical (unpaired) electrons. The zero-order valence-corrected chi connectivity index (χ0v) is 11.7. The molecule has 0 amide bonds. The maximum Gasteiger partial charge on any atom is 0.511 e. The highest BCUT2D eigenvalue weighted by Crippen LogP contribution is 2.28. The molecule has 0 bridgehead atoms. The number of esters is 1. The Kier molecular flexibility index (Phi) is 5.78. The largest absolute Gasteiger partial charge is 0.511 e. The quantitative estimate of drug-likeness (QED) is 0.680. The number of halogens is 3. The van der Waals surface area contributed by atoms with Gasteiger partial charge in [-0.2, -0.15) is 17.5 Å².